The Bertz CT molecular complexity index is 979. The summed E-state index contributed by atoms with van der Waals surface area (Å²) in [6.07, 6.45) is 5.55. The van der Waals surface area contributed by atoms with Crippen LogP contribution in [0, 0.1) is 5.92 Å². The molecule has 2 aromatic carbocycles. The average molecular weight is 449 g/mol. The Labute approximate surface area is 197 Å². The van der Waals surface area contributed by atoms with Crippen molar-refractivity contribution in [2.45, 2.75) is 52.0 Å². The second-order valence-electron chi connectivity index (χ2n) is 9.52. The normalized spacial score (nSPS) is 17.3. The first-order valence-corrected chi connectivity index (χ1v) is 12.3. The van der Waals surface area contributed by atoms with E-state index in [-0.39, 0.29) is 11.7 Å². The Morgan fingerprint density at radius 3 is 2.45 bits per heavy atom. The number of benzene rings is 2. The molecule has 1 saturated heterocycles. The van der Waals surface area contributed by atoms with Gasteiger partial charge >= 0.3 is 0 Å². The van der Waals surface area contributed by atoms with Gasteiger partial charge in [-0.2, -0.15) is 0 Å². The number of methoxy groups -OCH3 is 1. The van der Waals surface area contributed by atoms with Gasteiger partial charge in [0, 0.05) is 51.6 Å². The molecule has 0 N–H and O–H groups in total. The van der Waals surface area contributed by atoms with Gasteiger partial charge in [-0.05, 0) is 72.9 Å². The van der Waals surface area contributed by atoms with Crippen molar-refractivity contribution in [2.24, 2.45) is 5.92 Å². The van der Waals surface area contributed by atoms with Gasteiger partial charge in [-0.15, -0.1) is 0 Å². The molecule has 2 aliphatic heterocycles. The summed E-state index contributed by atoms with van der Waals surface area (Å²) in [5.41, 5.74) is 4.82. The van der Waals surface area contributed by atoms with Gasteiger partial charge in [0.2, 0.25) is 5.91 Å². The van der Waals surface area contributed by atoms with Gasteiger partial charge < -0.3 is 9.64 Å². The van der Waals surface area contributed by atoms with Gasteiger partial charge in [-0.25, -0.2) is 0 Å². The van der Waals surface area contributed by atoms with Crippen LogP contribution < -0.4 is 4.74 Å². The summed E-state index contributed by atoms with van der Waals surface area (Å²) in [6, 6.07) is 14.6. The van der Waals surface area contributed by atoms with Gasteiger partial charge in [-0.3, -0.25) is 14.5 Å². The number of amides is 1. The van der Waals surface area contributed by atoms with Crippen molar-refractivity contribution < 1.29 is 14.3 Å². The van der Waals surface area contributed by atoms with Gasteiger partial charge in [0.25, 0.3) is 0 Å². The topological polar surface area (TPSA) is 49.9 Å². The molecule has 0 saturated carbocycles. The molecule has 2 heterocycles. The molecule has 0 atom stereocenters. The first-order valence-electron chi connectivity index (χ1n) is 12.3. The molecule has 33 heavy (non-hydrogen) atoms. The van der Waals surface area contributed by atoms with E-state index in [1.165, 1.54) is 16.7 Å². The summed E-state index contributed by atoms with van der Waals surface area (Å²) in [7, 11) is 1.71. The van der Waals surface area contributed by atoms with Crippen LogP contribution in [0.25, 0.3) is 0 Å². The monoisotopic (exact) mass is 448 g/mol. The predicted molar refractivity (Wildman–Crippen MR) is 131 cm³/mol. The minimum Gasteiger partial charge on any atom is -0.497 e. The first-order chi connectivity index (χ1) is 16.0. The Kier molecular flexibility index (Phi) is 7.81. The predicted octanol–water partition coefficient (Wildman–Crippen LogP) is 4.52. The molecule has 4 rings (SSSR count). The number of nitrogens with zero attached hydrogens (tertiary/aromatic N) is 2. The maximum absolute atomic E-state index is 12.9. The highest BCUT2D eigenvalue weighted by Crippen LogP contribution is 2.25. The summed E-state index contributed by atoms with van der Waals surface area (Å²) in [4.78, 5) is 28.8. The molecule has 5 nitrogen and oxygen atoms in total. The quantitative estimate of drug-likeness (QED) is 0.585. The lowest BCUT2D eigenvalue weighted by atomic mass is 9.89. The summed E-state index contributed by atoms with van der Waals surface area (Å²) < 4.78 is 5.36. The fourth-order valence-electron chi connectivity index (χ4n) is 5.15. The molecule has 2 aromatic rings. The molecule has 2 aliphatic rings. The number of ether oxygens (including phenoxy) is 1. The Morgan fingerprint density at radius 1 is 0.970 bits per heavy atom. The lowest BCUT2D eigenvalue weighted by Crippen LogP contribution is -2.37. The van der Waals surface area contributed by atoms with Crippen molar-refractivity contribution in [3.05, 3.63) is 64.7 Å². The number of likely N-dealkylation sites (tertiary alicyclic amines) is 1. The Morgan fingerprint density at radius 2 is 1.73 bits per heavy atom. The summed E-state index contributed by atoms with van der Waals surface area (Å²) in [6.45, 7) is 6.24. The summed E-state index contributed by atoms with van der Waals surface area (Å²) in [5, 5.41) is 0. The van der Waals surface area contributed by atoms with Crippen LogP contribution in [0.4, 0.5) is 0 Å². The molecule has 0 aromatic heterocycles. The van der Waals surface area contributed by atoms with Gasteiger partial charge in [0.05, 0.1) is 7.11 Å². The second-order valence-corrected chi connectivity index (χ2v) is 9.52. The fourth-order valence-corrected chi connectivity index (χ4v) is 5.15. The lowest BCUT2D eigenvalue weighted by molar-refractivity contribution is -0.130. The van der Waals surface area contributed by atoms with E-state index < -0.39 is 0 Å². The minimum absolute atomic E-state index is 0.163. The summed E-state index contributed by atoms with van der Waals surface area (Å²) >= 11 is 0. The van der Waals surface area contributed by atoms with E-state index in [0.29, 0.717) is 12.3 Å². The lowest BCUT2D eigenvalue weighted by Gasteiger charge is -2.31. The van der Waals surface area contributed by atoms with E-state index in [1.807, 2.05) is 23.1 Å². The van der Waals surface area contributed by atoms with Gasteiger partial charge in [-0.1, -0.05) is 24.3 Å². The molecule has 1 fully saturated rings. The average Bonchev–Trinajstić information content (AvgIpc) is 3.04. The third-order valence-corrected chi connectivity index (χ3v) is 7.30. The van der Waals surface area contributed by atoms with Crippen molar-refractivity contribution >= 4 is 11.7 Å². The summed E-state index contributed by atoms with van der Waals surface area (Å²) in [5.74, 6) is 1.87. The zero-order chi connectivity index (χ0) is 23.2. The zero-order valence-corrected chi connectivity index (χ0v) is 20.0. The number of rotatable bonds is 7. The smallest absolute Gasteiger partial charge is 0.219 e. The number of piperidine rings is 1. The zero-order valence-electron chi connectivity index (χ0n) is 20.0. The highest BCUT2D eigenvalue weighted by molar-refractivity contribution is 5.96. The van der Waals surface area contributed by atoms with Crippen LogP contribution in [0.15, 0.2) is 42.5 Å². The largest absolute Gasteiger partial charge is 0.497 e. The van der Waals surface area contributed by atoms with Crippen LogP contribution in [0.1, 0.15) is 59.7 Å². The van der Waals surface area contributed by atoms with Crippen LogP contribution in [0.2, 0.25) is 0 Å². The maximum Gasteiger partial charge on any atom is 0.219 e. The van der Waals surface area contributed by atoms with Crippen LogP contribution in [-0.4, -0.2) is 54.8 Å². The SMILES string of the molecule is COc1cccc(CN2CCc3ccc(C(=O)CCC4CCN(C(C)=O)CC4)cc3CC2)c1. The number of Topliss-reactive ketones (excluding diaryl/α,β-unsaturated/α-hetero) is 1. The van der Waals surface area contributed by atoms with Gasteiger partial charge in [0.15, 0.2) is 5.78 Å². The third-order valence-electron chi connectivity index (χ3n) is 7.30. The molecule has 0 bridgehead atoms. The number of carbonyl (C=O) groups excluding carboxylic acids is 2. The molecule has 0 aliphatic carbocycles. The number of fused-ring (bicyclic) bond motifs is 1. The third kappa shape index (κ3) is 6.23. The molecular formula is C28H36N2O3. The fraction of sp³-hybridized carbons (Fsp3) is 0.500. The Balaban J connectivity index is 1.30. The highest BCUT2D eigenvalue weighted by atomic mass is 16.5. The molecule has 5 heteroatoms. The van der Waals surface area contributed by atoms with E-state index in [1.54, 1.807) is 14.0 Å². The molecular weight excluding hydrogens is 412 g/mol. The van der Waals surface area contributed by atoms with Crippen LogP contribution in [0.3, 0.4) is 0 Å². The standard InChI is InChI=1S/C28H36N2O3/c1-21(31)30-16-10-22(11-17-30)6-9-28(32)26-8-7-24-12-14-29(15-13-25(24)19-26)20-23-4-3-5-27(18-23)33-2/h3-5,7-8,18-19,22H,6,9-17,20H2,1-2H3. The van der Waals surface area contributed by atoms with E-state index in [9.17, 15) is 9.59 Å². The molecule has 0 radical (unpaired) electrons. The number of hydrogen-bond acceptors (Lipinski definition) is 4. The minimum atomic E-state index is 0.163. The molecule has 0 unspecified atom stereocenters. The molecule has 0 spiro atoms. The van der Waals surface area contributed by atoms with Crippen molar-refractivity contribution in [3.63, 3.8) is 0 Å². The van der Waals surface area contributed by atoms with E-state index in [2.05, 4.69) is 29.2 Å². The first kappa shape index (κ1) is 23.5. The molecule has 176 valence electrons. The molecule has 1 amide bonds. The highest BCUT2D eigenvalue weighted by Gasteiger charge is 2.22. The maximum atomic E-state index is 12.9. The van der Waals surface area contributed by atoms with Gasteiger partial charge in [0.1, 0.15) is 5.75 Å². The number of hydrogen-bond donors (Lipinski definition) is 0. The van der Waals surface area contributed by atoms with Crippen molar-refractivity contribution in [1.82, 2.24) is 9.80 Å². The van der Waals surface area contributed by atoms with Crippen LogP contribution >= 0.6 is 0 Å². The van der Waals surface area contributed by atoms with Crippen molar-refractivity contribution in [1.29, 1.82) is 0 Å². The van der Waals surface area contributed by atoms with Crippen molar-refractivity contribution in [3.8, 4) is 5.75 Å². The second kappa shape index (κ2) is 11.0. The number of carbonyl (C=O) groups is 2. The van der Waals surface area contributed by atoms with E-state index in [4.69, 9.17) is 4.74 Å². The van der Waals surface area contributed by atoms with Crippen molar-refractivity contribution in [2.75, 3.05) is 33.3 Å². The van der Waals surface area contributed by atoms with Crippen LogP contribution in [0.5, 0.6) is 5.75 Å². The van der Waals surface area contributed by atoms with Crippen LogP contribution in [-0.2, 0) is 24.2 Å². The Hall–Kier alpha value is -2.66. The number of ketones is 1. The van der Waals surface area contributed by atoms with E-state index in [0.717, 1.165) is 76.1 Å². The van der Waals surface area contributed by atoms with E-state index >= 15 is 0 Å².